The number of aliphatic hydroxyl groups is 1. The molecule has 0 saturated carbocycles. The van der Waals surface area contributed by atoms with E-state index in [0.717, 1.165) is 34.6 Å². The number of aliphatic hydroxyl groups excluding tert-OH is 1. The number of aryl methyl sites for hydroxylation is 2. The molecule has 0 bridgehead atoms. The molecule has 0 aromatic carbocycles. The third-order valence-corrected chi connectivity index (χ3v) is 4.22. The van der Waals surface area contributed by atoms with Gasteiger partial charge in [-0.15, -0.1) is 0 Å². The molecule has 1 aromatic rings. The van der Waals surface area contributed by atoms with Gasteiger partial charge in [-0.05, 0) is 42.0 Å². The van der Waals surface area contributed by atoms with E-state index in [-0.39, 0.29) is 6.61 Å². The Balaban J connectivity index is 2.58. The molecule has 0 spiro atoms. The van der Waals surface area contributed by atoms with Crippen molar-refractivity contribution >= 4 is 27.7 Å². The fourth-order valence-electron chi connectivity index (χ4n) is 1.34. The molecule has 1 rings (SSSR count). The average Bonchev–Trinajstić information content (AvgIpc) is 2.51. The molecule has 0 unspecified atom stereocenters. The van der Waals surface area contributed by atoms with Crippen LogP contribution in [0.2, 0.25) is 0 Å². The topological polar surface area (TPSA) is 38.0 Å². The van der Waals surface area contributed by atoms with Gasteiger partial charge in [0.05, 0.1) is 15.9 Å². The maximum absolute atomic E-state index is 8.68. The Bertz CT molecular complexity index is 315. The summed E-state index contributed by atoms with van der Waals surface area (Å²) in [6.45, 7) is 5.29. The van der Waals surface area contributed by atoms with Gasteiger partial charge in [-0.1, -0.05) is 0 Å². The molecule has 86 valence electrons. The van der Waals surface area contributed by atoms with Crippen LogP contribution in [-0.4, -0.2) is 27.2 Å². The van der Waals surface area contributed by atoms with Crippen molar-refractivity contribution in [2.24, 2.45) is 0 Å². The molecule has 0 fully saturated rings. The average molecular weight is 293 g/mol. The van der Waals surface area contributed by atoms with Crippen LogP contribution in [0.3, 0.4) is 0 Å². The van der Waals surface area contributed by atoms with Crippen molar-refractivity contribution in [3.63, 3.8) is 0 Å². The minimum Gasteiger partial charge on any atom is -0.396 e. The van der Waals surface area contributed by atoms with Crippen LogP contribution in [0.5, 0.6) is 0 Å². The molecule has 1 aromatic heterocycles. The second-order valence-corrected chi connectivity index (χ2v) is 5.19. The number of halogens is 1. The van der Waals surface area contributed by atoms with Crippen molar-refractivity contribution in [1.82, 2.24) is 9.78 Å². The van der Waals surface area contributed by atoms with Crippen molar-refractivity contribution in [3.05, 3.63) is 15.9 Å². The fourth-order valence-corrected chi connectivity index (χ4v) is 2.92. The summed E-state index contributed by atoms with van der Waals surface area (Å²) in [4.78, 5) is 0. The Hall–Kier alpha value is -0.0000000000000000763. The number of thioether (sulfide) groups is 1. The molecule has 0 amide bonds. The van der Waals surface area contributed by atoms with Gasteiger partial charge >= 0.3 is 0 Å². The lowest BCUT2D eigenvalue weighted by Gasteiger charge is -2.04. The second-order valence-electron chi connectivity index (χ2n) is 3.29. The van der Waals surface area contributed by atoms with Gasteiger partial charge < -0.3 is 5.11 Å². The molecular formula is C10H17BrN2OS. The Kier molecular flexibility index (Phi) is 5.71. The van der Waals surface area contributed by atoms with Crippen LogP contribution < -0.4 is 0 Å². The number of aromatic nitrogens is 2. The normalized spacial score (nSPS) is 10.9. The maximum Gasteiger partial charge on any atom is 0.0739 e. The molecule has 1 heterocycles. The molecule has 0 aliphatic carbocycles. The highest BCUT2D eigenvalue weighted by Crippen LogP contribution is 2.25. The fraction of sp³-hybridized carbons (Fsp3) is 0.700. The molecule has 0 aliphatic rings. The van der Waals surface area contributed by atoms with Gasteiger partial charge in [-0.25, -0.2) is 0 Å². The summed E-state index contributed by atoms with van der Waals surface area (Å²) in [7, 11) is 0. The van der Waals surface area contributed by atoms with Crippen LogP contribution in [0.25, 0.3) is 0 Å². The van der Waals surface area contributed by atoms with Gasteiger partial charge in [0.25, 0.3) is 0 Å². The van der Waals surface area contributed by atoms with Gasteiger partial charge in [0.2, 0.25) is 0 Å². The van der Waals surface area contributed by atoms with Gasteiger partial charge in [0, 0.05) is 18.9 Å². The number of hydrogen-bond acceptors (Lipinski definition) is 3. The van der Waals surface area contributed by atoms with E-state index < -0.39 is 0 Å². The third kappa shape index (κ3) is 3.50. The van der Waals surface area contributed by atoms with E-state index >= 15 is 0 Å². The molecule has 0 saturated heterocycles. The zero-order valence-electron chi connectivity index (χ0n) is 9.16. The summed E-state index contributed by atoms with van der Waals surface area (Å²) in [6.07, 6.45) is 0.863. The molecule has 5 heteroatoms. The molecule has 3 nitrogen and oxygen atoms in total. The maximum atomic E-state index is 8.68. The summed E-state index contributed by atoms with van der Waals surface area (Å²) in [5.41, 5.74) is 2.30. The number of nitrogens with zero attached hydrogens (tertiary/aromatic N) is 2. The number of hydrogen-bond donors (Lipinski definition) is 1. The van der Waals surface area contributed by atoms with Crippen LogP contribution in [0.15, 0.2) is 4.47 Å². The quantitative estimate of drug-likeness (QED) is 0.819. The molecule has 15 heavy (non-hydrogen) atoms. The molecule has 1 N–H and O–H groups in total. The minimum atomic E-state index is 0.278. The highest BCUT2D eigenvalue weighted by atomic mass is 79.9. The van der Waals surface area contributed by atoms with Crippen LogP contribution in [0, 0.1) is 6.92 Å². The zero-order valence-corrected chi connectivity index (χ0v) is 11.6. The van der Waals surface area contributed by atoms with Gasteiger partial charge in [0.15, 0.2) is 0 Å². The summed E-state index contributed by atoms with van der Waals surface area (Å²) in [5.74, 6) is 1.95. The van der Waals surface area contributed by atoms with E-state index in [1.54, 1.807) is 0 Å². The monoisotopic (exact) mass is 292 g/mol. The standard InChI is InChI=1S/C10H17BrN2OS/c1-3-13-9(7-15-6-4-5-14)10(11)8(2)12-13/h14H,3-7H2,1-2H3. The van der Waals surface area contributed by atoms with Gasteiger partial charge in [-0.2, -0.15) is 16.9 Å². The first-order valence-electron chi connectivity index (χ1n) is 5.11. The van der Waals surface area contributed by atoms with E-state index in [9.17, 15) is 0 Å². The molecule has 0 atom stereocenters. The van der Waals surface area contributed by atoms with Crippen LogP contribution in [0.1, 0.15) is 24.7 Å². The lowest BCUT2D eigenvalue weighted by atomic mass is 10.4. The predicted octanol–water partition coefficient (Wildman–Crippen LogP) is 2.59. The smallest absolute Gasteiger partial charge is 0.0739 e. The van der Waals surface area contributed by atoms with E-state index in [1.165, 1.54) is 5.69 Å². The minimum absolute atomic E-state index is 0.278. The first-order valence-corrected chi connectivity index (χ1v) is 7.05. The molecule has 0 radical (unpaired) electrons. The van der Waals surface area contributed by atoms with E-state index in [2.05, 4.69) is 28.0 Å². The summed E-state index contributed by atoms with van der Waals surface area (Å²) in [5, 5.41) is 13.1. The zero-order chi connectivity index (χ0) is 11.3. The van der Waals surface area contributed by atoms with Crippen molar-refractivity contribution in [3.8, 4) is 0 Å². The van der Waals surface area contributed by atoms with Gasteiger partial charge in [0.1, 0.15) is 0 Å². The van der Waals surface area contributed by atoms with E-state index in [4.69, 9.17) is 5.11 Å². The lowest BCUT2D eigenvalue weighted by Crippen LogP contribution is -2.02. The Labute approximate surface area is 103 Å². The number of rotatable bonds is 6. The third-order valence-electron chi connectivity index (χ3n) is 2.14. The first-order chi connectivity index (χ1) is 7.20. The van der Waals surface area contributed by atoms with Crippen LogP contribution in [-0.2, 0) is 12.3 Å². The van der Waals surface area contributed by atoms with Crippen LogP contribution >= 0.6 is 27.7 Å². The van der Waals surface area contributed by atoms with E-state index in [0.29, 0.717) is 0 Å². The second kappa shape index (κ2) is 6.55. The SMILES string of the molecule is CCn1nc(C)c(Br)c1CSCCCO. The Morgan fingerprint density at radius 3 is 2.87 bits per heavy atom. The lowest BCUT2D eigenvalue weighted by molar-refractivity contribution is 0.296. The Morgan fingerprint density at radius 1 is 1.53 bits per heavy atom. The largest absolute Gasteiger partial charge is 0.396 e. The summed E-state index contributed by atoms with van der Waals surface area (Å²) in [6, 6.07) is 0. The van der Waals surface area contributed by atoms with E-state index in [1.807, 2.05) is 23.4 Å². The Morgan fingerprint density at radius 2 is 2.27 bits per heavy atom. The summed E-state index contributed by atoms with van der Waals surface area (Å²) >= 11 is 5.40. The highest BCUT2D eigenvalue weighted by molar-refractivity contribution is 9.10. The van der Waals surface area contributed by atoms with Crippen molar-refractivity contribution < 1.29 is 5.11 Å². The van der Waals surface area contributed by atoms with Crippen molar-refractivity contribution in [1.29, 1.82) is 0 Å². The molecule has 0 aliphatic heterocycles. The predicted molar refractivity (Wildman–Crippen MR) is 68.2 cm³/mol. The summed E-state index contributed by atoms with van der Waals surface area (Å²) < 4.78 is 3.16. The molecular weight excluding hydrogens is 276 g/mol. The van der Waals surface area contributed by atoms with Crippen molar-refractivity contribution in [2.75, 3.05) is 12.4 Å². The van der Waals surface area contributed by atoms with Crippen molar-refractivity contribution in [2.45, 2.75) is 32.6 Å². The van der Waals surface area contributed by atoms with Gasteiger partial charge in [-0.3, -0.25) is 4.68 Å². The van der Waals surface area contributed by atoms with Crippen LogP contribution in [0.4, 0.5) is 0 Å². The highest BCUT2D eigenvalue weighted by Gasteiger charge is 2.11. The first kappa shape index (κ1) is 13.1.